The monoisotopic (exact) mass is 479 g/mol. The van der Waals surface area contributed by atoms with Crippen molar-refractivity contribution in [3.05, 3.63) is 59.7 Å². The lowest BCUT2D eigenvalue weighted by Crippen LogP contribution is -2.48. The first-order valence-corrected chi connectivity index (χ1v) is 10.4. The third-order valence-electron chi connectivity index (χ3n) is 5.18. The average Bonchev–Trinajstić information content (AvgIpc) is 2.85. The zero-order chi connectivity index (χ0) is 24.7. The molecule has 0 bridgehead atoms. The maximum atomic E-state index is 13.3. The third-order valence-corrected chi connectivity index (χ3v) is 5.18. The van der Waals surface area contributed by atoms with Crippen LogP contribution in [0.15, 0.2) is 48.5 Å². The first-order valence-electron chi connectivity index (χ1n) is 10.4. The Labute approximate surface area is 194 Å². The van der Waals surface area contributed by atoms with Gasteiger partial charge in [-0.2, -0.15) is 13.2 Å². The van der Waals surface area contributed by atoms with Gasteiger partial charge in [-0.05, 0) is 18.2 Å². The predicted octanol–water partition coefficient (Wildman–Crippen LogP) is 3.02. The number of morpholine rings is 1. The number of urea groups is 1. The molecule has 0 atom stereocenters. The average molecular weight is 479 g/mol. The van der Waals surface area contributed by atoms with Gasteiger partial charge in [0.25, 0.3) is 0 Å². The number of hydrogen-bond acceptors (Lipinski definition) is 5. The molecule has 11 heteroatoms. The Bertz CT molecular complexity index is 1020. The van der Waals surface area contributed by atoms with Gasteiger partial charge in [-0.1, -0.05) is 30.3 Å². The number of nitrogens with one attached hydrogen (secondary N) is 1. The number of nitrogens with zero attached hydrogens (tertiary/aromatic N) is 2. The Hall–Kier alpha value is -3.60. The van der Waals surface area contributed by atoms with Gasteiger partial charge in [0.1, 0.15) is 5.75 Å². The van der Waals surface area contributed by atoms with Crippen molar-refractivity contribution < 1.29 is 37.0 Å². The smallest absolute Gasteiger partial charge is 0.471 e. The lowest BCUT2D eigenvalue weighted by Gasteiger charge is -2.33. The number of anilines is 1. The topological polar surface area (TPSA) is 88.2 Å². The number of ether oxygens (including phenoxy) is 2. The fraction of sp³-hybridized carbons (Fsp3) is 0.348. The highest BCUT2D eigenvalue weighted by Crippen LogP contribution is 2.26. The number of benzene rings is 2. The number of amides is 3. The molecule has 3 amide bonds. The molecule has 34 heavy (non-hydrogen) atoms. The number of carbonyl (C=O) groups is 3. The Morgan fingerprint density at radius 2 is 1.76 bits per heavy atom. The van der Waals surface area contributed by atoms with E-state index in [1.807, 2.05) is 18.2 Å². The molecule has 8 nitrogen and oxygen atoms in total. The molecule has 1 fully saturated rings. The van der Waals surface area contributed by atoms with Crippen LogP contribution in [0.2, 0.25) is 0 Å². The van der Waals surface area contributed by atoms with Crippen LogP contribution in [0.1, 0.15) is 15.9 Å². The second kappa shape index (κ2) is 11.0. The molecule has 1 aliphatic heterocycles. The molecule has 1 aliphatic rings. The zero-order valence-corrected chi connectivity index (χ0v) is 18.4. The van der Waals surface area contributed by atoms with E-state index in [2.05, 4.69) is 0 Å². The molecule has 182 valence electrons. The summed E-state index contributed by atoms with van der Waals surface area (Å²) in [7, 11) is 1.38. The Morgan fingerprint density at radius 3 is 2.38 bits per heavy atom. The third kappa shape index (κ3) is 6.25. The molecular formula is C23H24F3N3O5. The van der Waals surface area contributed by atoms with Gasteiger partial charge in [0.2, 0.25) is 0 Å². The maximum Gasteiger partial charge on any atom is 0.471 e. The van der Waals surface area contributed by atoms with Crippen LogP contribution in [0.5, 0.6) is 5.75 Å². The molecule has 0 unspecified atom stereocenters. The summed E-state index contributed by atoms with van der Waals surface area (Å²) in [6.07, 6.45) is -5.07. The second-order valence-corrected chi connectivity index (χ2v) is 7.43. The zero-order valence-electron chi connectivity index (χ0n) is 18.4. The van der Waals surface area contributed by atoms with E-state index < -0.39 is 24.4 Å². The van der Waals surface area contributed by atoms with Crippen LogP contribution in [0.25, 0.3) is 0 Å². The van der Waals surface area contributed by atoms with Crippen LogP contribution in [-0.4, -0.2) is 68.8 Å². The van der Waals surface area contributed by atoms with E-state index in [1.165, 1.54) is 19.2 Å². The van der Waals surface area contributed by atoms with E-state index in [4.69, 9.17) is 9.47 Å². The summed E-state index contributed by atoms with van der Waals surface area (Å²) in [5.74, 6) is -2.62. The molecule has 2 aromatic carbocycles. The molecule has 0 spiro atoms. The fourth-order valence-corrected chi connectivity index (χ4v) is 3.38. The van der Waals surface area contributed by atoms with Crippen molar-refractivity contribution in [2.75, 3.05) is 44.9 Å². The molecule has 0 aliphatic carbocycles. The minimum Gasteiger partial charge on any atom is -0.496 e. The van der Waals surface area contributed by atoms with E-state index in [0.29, 0.717) is 37.6 Å². The second-order valence-electron chi connectivity index (χ2n) is 7.43. The number of methoxy groups -OCH3 is 1. The molecule has 0 aromatic heterocycles. The van der Waals surface area contributed by atoms with Crippen LogP contribution in [0, 0.1) is 0 Å². The number of halogens is 3. The van der Waals surface area contributed by atoms with Crippen LogP contribution in [0.3, 0.4) is 0 Å². The quantitative estimate of drug-likeness (QED) is 0.617. The minimum absolute atomic E-state index is 0.0637. The van der Waals surface area contributed by atoms with E-state index in [-0.39, 0.29) is 23.9 Å². The number of hydrogen-bond donors (Lipinski definition) is 1. The highest BCUT2D eigenvalue weighted by molar-refractivity contribution is 6.00. The van der Waals surface area contributed by atoms with Crippen molar-refractivity contribution in [2.45, 2.75) is 12.7 Å². The molecule has 1 heterocycles. The summed E-state index contributed by atoms with van der Waals surface area (Å²) in [6.45, 7) is 1.11. The summed E-state index contributed by atoms with van der Waals surface area (Å²) in [5, 5.41) is 1.56. The highest BCUT2D eigenvalue weighted by atomic mass is 19.4. The van der Waals surface area contributed by atoms with Gasteiger partial charge in [-0.3, -0.25) is 14.5 Å². The number of alkyl halides is 3. The minimum atomic E-state index is -5.07. The van der Waals surface area contributed by atoms with Gasteiger partial charge in [-0.25, -0.2) is 4.79 Å². The summed E-state index contributed by atoms with van der Waals surface area (Å²) in [5.41, 5.74) is 1.31. The maximum absolute atomic E-state index is 13.3. The van der Waals surface area contributed by atoms with Gasteiger partial charge in [0.05, 0.1) is 33.4 Å². The van der Waals surface area contributed by atoms with Gasteiger partial charge in [0, 0.05) is 29.9 Å². The van der Waals surface area contributed by atoms with E-state index in [0.717, 1.165) is 0 Å². The lowest BCUT2D eigenvalue weighted by molar-refractivity contribution is -0.173. The van der Waals surface area contributed by atoms with Crippen molar-refractivity contribution in [2.24, 2.45) is 0 Å². The molecule has 3 rings (SSSR count). The van der Waals surface area contributed by atoms with Crippen molar-refractivity contribution >= 4 is 23.4 Å². The van der Waals surface area contributed by atoms with E-state index >= 15 is 0 Å². The number of carbonyl (C=O) groups excluding carboxylic acids is 3. The molecule has 1 N–H and O–H groups in total. The van der Waals surface area contributed by atoms with Crippen LogP contribution < -0.4 is 15.0 Å². The van der Waals surface area contributed by atoms with Gasteiger partial charge in [-0.15, -0.1) is 0 Å². The number of ketones is 1. The number of rotatable bonds is 7. The Balaban J connectivity index is 1.80. The van der Waals surface area contributed by atoms with E-state index in [9.17, 15) is 27.6 Å². The van der Waals surface area contributed by atoms with E-state index in [1.54, 1.807) is 33.3 Å². The van der Waals surface area contributed by atoms with Gasteiger partial charge < -0.3 is 19.7 Å². The molecule has 0 saturated carbocycles. The van der Waals surface area contributed by atoms with Crippen LogP contribution in [0.4, 0.5) is 23.7 Å². The van der Waals surface area contributed by atoms with Crippen molar-refractivity contribution in [1.29, 1.82) is 0 Å². The SMILES string of the molecule is COc1cc(C(=O)CNC(=O)C(F)(F)F)ccc1CN(C(=O)N1CCOCC1)c1ccccc1. The first kappa shape index (κ1) is 25.0. The molecular weight excluding hydrogens is 455 g/mol. The normalized spacial score (nSPS) is 13.8. The fourth-order valence-electron chi connectivity index (χ4n) is 3.38. The first-order chi connectivity index (χ1) is 16.2. The Kier molecular flexibility index (Phi) is 8.11. The lowest BCUT2D eigenvalue weighted by atomic mass is 10.1. The predicted molar refractivity (Wildman–Crippen MR) is 117 cm³/mol. The van der Waals surface area contributed by atoms with Crippen LogP contribution in [-0.2, 0) is 16.1 Å². The van der Waals surface area contributed by atoms with Gasteiger partial charge >= 0.3 is 18.1 Å². The standard InChI is InChI=1S/C23H24F3N3O5/c1-33-20-13-16(19(30)14-27-21(31)23(24,25)26)7-8-17(20)15-29(18-5-3-2-4-6-18)22(32)28-9-11-34-12-10-28/h2-8,13H,9-12,14-15H2,1H3,(H,27,31). The highest BCUT2D eigenvalue weighted by Gasteiger charge is 2.38. The molecule has 1 saturated heterocycles. The largest absolute Gasteiger partial charge is 0.496 e. The number of Topliss-reactive ketones (excluding diaryl/α,β-unsaturated/α-hetero) is 1. The summed E-state index contributed by atoms with van der Waals surface area (Å²) in [4.78, 5) is 39.8. The van der Waals surface area contributed by atoms with Crippen molar-refractivity contribution in [3.8, 4) is 5.75 Å². The Morgan fingerprint density at radius 1 is 1.09 bits per heavy atom. The van der Waals surface area contributed by atoms with Crippen molar-refractivity contribution in [1.82, 2.24) is 10.2 Å². The molecule has 0 radical (unpaired) electrons. The summed E-state index contributed by atoms with van der Waals surface area (Å²) in [6, 6.07) is 13.2. The molecule has 2 aromatic rings. The summed E-state index contributed by atoms with van der Waals surface area (Å²) >= 11 is 0. The van der Waals surface area contributed by atoms with Gasteiger partial charge in [0.15, 0.2) is 5.78 Å². The number of para-hydroxylation sites is 1. The summed E-state index contributed by atoms with van der Waals surface area (Å²) < 4.78 is 47.8. The van der Waals surface area contributed by atoms with Crippen LogP contribution >= 0.6 is 0 Å². The van der Waals surface area contributed by atoms with Crippen molar-refractivity contribution in [3.63, 3.8) is 0 Å².